The summed E-state index contributed by atoms with van der Waals surface area (Å²) in [5, 5.41) is 3.92. The zero-order chi connectivity index (χ0) is 13.3. The highest BCUT2D eigenvalue weighted by molar-refractivity contribution is 9.10. The summed E-state index contributed by atoms with van der Waals surface area (Å²) in [4.78, 5) is 12.3. The highest BCUT2D eigenvalue weighted by Gasteiger charge is 2.22. The summed E-state index contributed by atoms with van der Waals surface area (Å²) in [6.45, 7) is 0. The third-order valence-electron chi connectivity index (χ3n) is 2.51. The van der Waals surface area contributed by atoms with Crippen molar-refractivity contribution < 1.29 is 13.9 Å². The van der Waals surface area contributed by atoms with Crippen LogP contribution in [0, 0.1) is 5.82 Å². The van der Waals surface area contributed by atoms with Gasteiger partial charge in [-0.05, 0) is 18.2 Å². The van der Waals surface area contributed by atoms with Crippen LogP contribution in [0.25, 0.3) is 0 Å². The summed E-state index contributed by atoms with van der Waals surface area (Å²) < 4.78 is 20.7. The maximum atomic E-state index is 13.7. The largest absolute Gasteiger partial charge is 0.493 e. The average molecular weight is 313 g/mol. The van der Waals surface area contributed by atoms with Gasteiger partial charge in [0.1, 0.15) is 5.82 Å². The van der Waals surface area contributed by atoms with Crippen molar-refractivity contribution in [3.8, 4) is 5.75 Å². The van der Waals surface area contributed by atoms with Crippen LogP contribution >= 0.6 is 15.9 Å². The van der Waals surface area contributed by atoms with Crippen molar-refractivity contribution in [1.82, 2.24) is 9.78 Å². The van der Waals surface area contributed by atoms with Gasteiger partial charge in [0.25, 0.3) is 0 Å². The van der Waals surface area contributed by atoms with Gasteiger partial charge in [0.05, 0.1) is 18.9 Å². The summed E-state index contributed by atoms with van der Waals surface area (Å²) in [7, 11) is 3.04. The van der Waals surface area contributed by atoms with E-state index in [0.717, 1.165) is 0 Å². The number of nitrogens with zero attached hydrogens (tertiary/aromatic N) is 2. The second-order valence-corrected chi connectivity index (χ2v) is 4.55. The predicted octanol–water partition coefficient (Wildman–Crippen LogP) is 2.56. The Morgan fingerprint density at radius 1 is 1.50 bits per heavy atom. The molecule has 0 unspecified atom stereocenters. The molecule has 0 atom stereocenters. The first kappa shape index (κ1) is 12.8. The third kappa shape index (κ3) is 2.15. The van der Waals surface area contributed by atoms with E-state index in [9.17, 15) is 9.18 Å². The normalized spacial score (nSPS) is 10.4. The molecule has 2 rings (SSSR count). The van der Waals surface area contributed by atoms with Crippen LogP contribution in [0.1, 0.15) is 16.1 Å². The molecular weight excluding hydrogens is 303 g/mol. The lowest BCUT2D eigenvalue weighted by Crippen LogP contribution is -2.11. The molecule has 1 aromatic heterocycles. The Balaban J connectivity index is 2.54. The van der Waals surface area contributed by atoms with Gasteiger partial charge in [0.2, 0.25) is 5.78 Å². The van der Waals surface area contributed by atoms with Crippen molar-refractivity contribution in [1.29, 1.82) is 0 Å². The Kier molecular flexibility index (Phi) is 3.47. The molecule has 18 heavy (non-hydrogen) atoms. The van der Waals surface area contributed by atoms with Gasteiger partial charge >= 0.3 is 0 Å². The van der Waals surface area contributed by atoms with E-state index in [1.807, 2.05) is 0 Å². The molecule has 0 aliphatic carbocycles. The van der Waals surface area contributed by atoms with Gasteiger partial charge in [0.15, 0.2) is 11.4 Å². The Labute approximate surface area is 111 Å². The summed E-state index contributed by atoms with van der Waals surface area (Å²) in [6, 6.07) is 4.21. The molecule has 0 aliphatic heterocycles. The van der Waals surface area contributed by atoms with Gasteiger partial charge in [-0.2, -0.15) is 5.10 Å². The molecule has 6 heteroatoms. The molecule has 0 saturated heterocycles. The molecule has 1 heterocycles. The number of aromatic nitrogens is 2. The zero-order valence-electron chi connectivity index (χ0n) is 9.78. The minimum atomic E-state index is -0.577. The first-order chi connectivity index (χ1) is 8.54. The van der Waals surface area contributed by atoms with Crippen LogP contribution in [-0.2, 0) is 7.05 Å². The van der Waals surface area contributed by atoms with E-state index in [2.05, 4.69) is 21.0 Å². The van der Waals surface area contributed by atoms with E-state index in [1.54, 1.807) is 7.05 Å². The van der Waals surface area contributed by atoms with Crippen molar-refractivity contribution in [2.24, 2.45) is 7.05 Å². The third-order valence-corrected chi connectivity index (χ3v) is 3.01. The molecule has 4 nitrogen and oxygen atoms in total. The van der Waals surface area contributed by atoms with Gasteiger partial charge < -0.3 is 4.74 Å². The van der Waals surface area contributed by atoms with E-state index < -0.39 is 11.6 Å². The van der Waals surface area contributed by atoms with Crippen LogP contribution in [-0.4, -0.2) is 22.7 Å². The molecule has 0 aliphatic rings. The van der Waals surface area contributed by atoms with Crippen LogP contribution in [0.5, 0.6) is 5.75 Å². The first-order valence-corrected chi connectivity index (χ1v) is 5.89. The van der Waals surface area contributed by atoms with Gasteiger partial charge in [-0.3, -0.25) is 9.48 Å². The number of hydrogen-bond acceptors (Lipinski definition) is 3. The smallest absolute Gasteiger partial charge is 0.217 e. The fourth-order valence-corrected chi connectivity index (χ4v) is 1.99. The summed E-state index contributed by atoms with van der Waals surface area (Å²) in [5.74, 6) is -0.723. The van der Waals surface area contributed by atoms with Crippen LogP contribution in [0.2, 0.25) is 0 Å². The minimum Gasteiger partial charge on any atom is -0.493 e. The van der Waals surface area contributed by atoms with Crippen LogP contribution in [0.15, 0.2) is 28.9 Å². The first-order valence-electron chi connectivity index (χ1n) is 5.10. The zero-order valence-corrected chi connectivity index (χ0v) is 11.4. The van der Waals surface area contributed by atoms with Crippen molar-refractivity contribution in [3.63, 3.8) is 0 Å². The number of ether oxygens (including phenoxy) is 1. The Morgan fingerprint density at radius 2 is 2.22 bits per heavy atom. The summed E-state index contributed by atoms with van der Waals surface area (Å²) in [5.41, 5.74) is 0.195. The minimum absolute atomic E-state index is 0.0220. The highest BCUT2D eigenvalue weighted by atomic mass is 79.9. The number of hydrogen-bond donors (Lipinski definition) is 0. The van der Waals surface area contributed by atoms with Crippen molar-refractivity contribution in [3.05, 3.63) is 45.9 Å². The molecule has 0 radical (unpaired) electrons. The predicted molar refractivity (Wildman–Crippen MR) is 67.3 cm³/mol. The number of methoxy groups -OCH3 is 1. The molecule has 2 aromatic rings. The number of carbonyl (C=O) groups excluding carboxylic acids is 1. The maximum absolute atomic E-state index is 13.7. The second-order valence-electron chi connectivity index (χ2n) is 3.64. The fourth-order valence-electron chi connectivity index (χ4n) is 1.62. The molecule has 0 spiro atoms. The topological polar surface area (TPSA) is 44.1 Å². The lowest BCUT2D eigenvalue weighted by Gasteiger charge is -2.06. The Bertz CT molecular complexity index is 610. The van der Waals surface area contributed by atoms with Crippen molar-refractivity contribution >= 4 is 21.7 Å². The van der Waals surface area contributed by atoms with Gasteiger partial charge in [-0.1, -0.05) is 15.9 Å². The molecule has 0 fully saturated rings. The molecule has 0 N–H and O–H groups in total. The fraction of sp³-hybridized carbons (Fsp3) is 0.167. The SMILES string of the molecule is COc1cnn(C)c1C(=O)c1cc(Br)ccc1F. The quantitative estimate of drug-likeness (QED) is 0.818. The number of rotatable bonds is 3. The van der Waals surface area contributed by atoms with Crippen molar-refractivity contribution in [2.75, 3.05) is 7.11 Å². The summed E-state index contributed by atoms with van der Waals surface area (Å²) in [6.07, 6.45) is 1.42. The van der Waals surface area contributed by atoms with E-state index in [1.165, 1.54) is 36.2 Å². The number of halogens is 2. The number of benzene rings is 1. The monoisotopic (exact) mass is 312 g/mol. The second kappa shape index (κ2) is 4.89. The number of ketones is 1. The summed E-state index contributed by atoms with van der Waals surface area (Å²) >= 11 is 3.21. The van der Waals surface area contributed by atoms with Crippen LogP contribution < -0.4 is 4.74 Å². The van der Waals surface area contributed by atoms with Crippen molar-refractivity contribution in [2.45, 2.75) is 0 Å². The maximum Gasteiger partial charge on any atom is 0.217 e. The number of carbonyl (C=O) groups is 1. The Hall–Kier alpha value is -1.69. The van der Waals surface area contributed by atoms with E-state index in [0.29, 0.717) is 10.2 Å². The molecule has 0 bridgehead atoms. The molecular formula is C12H10BrFN2O2. The standard InChI is InChI=1S/C12H10BrFN2O2/c1-16-11(10(18-2)6-15-16)12(17)8-5-7(13)3-4-9(8)14/h3-6H,1-2H3. The molecule has 0 amide bonds. The lowest BCUT2D eigenvalue weighted by molar-refractivity contribution is 0.102. The molecule has 0 saturated carbocycles. The lowest BCUT2D eigenvalue weighted by atomic mass is 10.1. The molecule has 1 aromatic carbocycles. The van der Waals surface area contributed by atoms with E-state index >= 15 is 0 Å². The van der Waals surface area contributed by atoms with Crippen LogP contribution in [0.3, 0.4) is 0 Å². The Morgan fingerprint density at radius 3 is 2.89 bits per heavy atom. The van der Waals surface area contributed by atoms with Gasteiger partial charge in [0, 0.05) is 11.5 Å². The van der Waals surface area contributed by atoms with Gasteiger partial charge in [-0.15, -0.1) is 0 Å². The number of aryl methyl sites for hydroxylation is 1. The highest BCUT2D eigenvalue weighted by Crippen LogP contribution is 2.23. The van der Waals surface area contributed by atoms with Crippen LogP contribution in [0.4, 0.5) is 4.39 Å². The van der Waals surface area contributed by atoms with E-state index in [-0.39, 0.29) is 11.3 Å². The van der Waals surface area contributed by atoms with Gasteiger partial charge in [-0.25, -0.2) is 4.39 Å². The average Bonchev–Trinajstić information content (AvgIpc) is 2.72. The van der Waals surface area contributed by atoms with E-state index in [4.69, 9.17) is 4.74 Å². The molecule has 94 valence electrons.